The molecule has 1 fully saturated rings. The molecule has 1 aliphatic rings. The third-order valence-corrected chi connectivity index (χ3v) is 3.77. The first kappa shape index (κ1) is 11.7. The van der Waals surface area contributed by atoms with Crippen LogP contribution in [0, 0.1) is 0 Å². The number of hydrogen-bond acceptors (Lipinski definition) is 3. The van der Waals surface area contributed by atoms with Crippen LogP contribution in [0.4, 0.5) is 0 Å². The molecule has 102 valence electrons. The highest BCUT2D eigenvalue weighted by Crippen LogP contribution is 2.21. The highest BCUT2D eigenvalue weighted by atomic mass is 16.5. The Balaban J connectivity index is 1.59. The van der Waals surface area contributed by atoms with Crippen LogP contribution in [0.5, 0.6) is 0 Å². The van der Waals surface area contributed by atoms with E-state index in [1.54, 1.807) is 0 Å². The molecule has 1 saturated heterocycles. The molecule has 0 bridgehead atoms. The number of imidazole rings is 1. The van der Waals surface area contributed by atoms with Crippen LogP contribution < -0.4 is 0 Å². The van der Waals surface area contributed by atoms with Gasteiger partial charge in [0.25, 0.3) is 0 Å². The van der Waals surface area contributed by atoms with Gasteiger partial charge in [-0.15, -0.1) is 0 Å². The van der Waals surface area contributed by atoms with Gasteiger partial charge in [0.1, 0.15) is 5.65 Å². The van der Waals surface area contributed by atoms with E-state index in [0.29, 0.717) is 6.10 Å². The average molecular weight is 268 g/mol. The summed E-state index contributed by atoms with van der Waals surface area (Å²) in [7, 11) is 0. The molecule has 5 nitrogen and oxygen atoms in total. The van der Waals surface area contributed by atoms with E-state index in [0.717, 1.165) is 41.9 Å². The highest BCUT2D eigenvalue weighted by molar-refractivity contribution is 5.80. The van der Waals surface area contributed by atoms with E-state index in [-0.39, 0.29) is 0 Å². The van der Waals surface area contributed by atoms with E-state index < -0.39 is 0 Å². The van der Waals surface area contributed by atoms with Crippen LogP contribution in [0.2, 0.25) is 0 Å². The van der Waals surface area contributed by atoms with Crippen molar-refractivity contribution in [3.05, 3.63) is 37.1 Å². The molecule has 20 heavy (non-hydrogen) atoms. The van der Waals surface area contributed by atoms with E-state index in [4.69, 9.17) is 4.74 Å². The summed E-state index contributed by atoms with van der Waals surface area (Å²) < 4.78 is 7.76. The van der Waals surface area contributed by atoms with Crippen LogP contribution in [0.3, 0.4) is 0 Å². The second-order valence-electron chi connectivity index (χ2n) is 5.23. The van der Waals surface area contributed by atoms with Gasteiger partial charge in [0.2, 0.25) is 0 Å². The number of H-pyrrole nitrogens is 1. The largest absolute Gasteiger partial charge is 0.376 e. The van der Waals surface area contributed by atoms with E-state index in [2.05, 4.69) is 31.8 Å². The zero-order chi connectivity index (χ0) is 13.4. The van der Waals surface area contributed by atoms with Crippen LogP contribution in [0.1, 0.15) is 12.8 Å². The van der Waals surface area contributed by atoms with Gasteiger partial charge in [-0.3, -0.25) is 0 Å². The van der Waals surface area contributed by atoms with Crippen molar-refractivity contribution in [1.82, 2.24) is 19.5 Å². The fraction of sp³-hybridized carbons (Fsp3) is 0.333. The van der Waals surface area contributed by atoms with Crippen molar-refractivity contribution in [2.75, 3.05) is 6.61 Å². The maximum atomic E-state index is 5.65. The Kier molecular flexibility index (Phi) is 2.77. The molecule has 0 spiro atoms. The van der Waals surface area contributed by atoms with Crippen LogP contribution in [-0.4, -0.2) is 32.2 Å². The molecule has 1 atom stereocenters. The second-order valence-corrected chi connectivity index (χ2v) is 5.23. The Morgan fingerprint density at radius 2 is 2.40 bits per heavy atom. The minimum absolute atomic E-state index is 0.335. The van der Waals surface area contributed by atoms with E-state index in [9.17, 15) is 0 Å². The topological polar surface area (TPSA) is 55.7 Å². The molecular formula is C15H16N4O. The summed E-state index contributed by atoms with van der Waals surface area (Å²) >= 11 is 0. The van der Waals surface area contributed by atoms with Gasteiger partial charge >= 0.3 is 0 Å². The molecule has 5 heteroatoms. The van der Waals surface area contributed by atoms with Crippen LogP contribution in [0.25, 0.3) is 22.3 Å². The van der Waals surface area contributed by atoms with E-state index in [1.165, 1.54) is 6.42 Å². The normalized spacial score (nSPS) is 18.9. The van der Waals surface area contributed by atoms with Gasteiger partial charge in [-0.2, -0.15) is 0 Å². The van der Waals surface area contributed by atoms with Crippen LogP contribution in [-0.2, 0) is 11.3 Å². The predicted molar refractivity (Wildman–Crippen MR) is 76.3 cm³/mol. The minimum Gasteiger partial charge on any atom is -0.376 e. The predicted octanol–water partition coefficient (Wildman–Crippen LogP) is 2.61. The molecule has 3 aromatic heterocycles. The standard InChI is InChI=1S/C15H16N4O/c1-2-13(20-5-1)8-19-9-14(18-10-19)12-6-11-3-4-16-15(11)17-7-12/h3-4,6-7,9-10,13H,1-2,5,8H2,(H,16,17). The fourth-order valence-corrected chi connectivity index (χ4v) is 2.71. The molecule has 4 rings (SSSR count). The lowest BCUT2D eigenvalue weighted by Crippen LogP contribution is -2.13. The van der Waals surface area contributed by atoms with Crippen LogP contribution in [0.15, 0.2) is 37.1 Å². The fourth-order valence-electron chi connectivity index (χ4n) is 2.71. The molecule has 0 aliphatic carbocycles. The number of nitrogens with one attached hydrogen (secondary N) is 1. The molecule has 1 unspecified atom stereocenters. The summed E-state index contributed by atoms with van der Waals surface area (Å²) in [5.41, 5.74) is 2.91. The zero-order valence-corrected chi connectivity index (χ0v) is 11.1. The van der Waals surface area contributed by atoms with Crippen molar-refractivity contribution >= 4 is 11.0 Å². The Labute approximate surface area is 116 Å². The van der Waals surface area contributed by atoms with Crippen molar-refractivity contribution in [2.45, 2.75) is 25.5 Å². The molecular weight excluding hydrogens is 252 g/mol. The SMILES string of the molecule is c1cc2cc(-c3cn(CC4CCCO4)cn3)cnc2[nH]1. The lowest BCUT2D eigenvalue weighted by Gasteiger charge is -2.08. The van der Waals surface area contributed by atoms with Crippen molar-refractivity contribution in [3.8, 4) is 11.3 Å². The number of nitrogens with zero attached hydrogens (tertiary/aromatic N) is 3. The van der Waals surface area contributed by atoms with Crippen molar-refractivity contribution in [1.29, 1.82) is 0 Å². The smallest absolute Gasteiger partial charge is 0.137 e. The molecule has 0 amide bonds. The monoisotopic (exact) mass is 268 g/mol. The summed E-state index contributed by atoms with van der Waals surface area (Å²) in [5, 5.41) is 1.11. The van der Waals surface area contributed by atoms with Gasteiger partial charge in [-0.1, -0.05) is 0 Å². The number of pyridine rings is 1. The Morgan fingerprint density at radius 3 is 3.30 bits per heavy atom. The summed E-state index contributed by atoms with van der Waals surface area (Å²) in [6.07, 6.45) is 10.3. The first-order valence-electron chi connectivity index (χ1n) is 6.95. The number of rotatable bonds is 3. The molecule has 3 aromatic rings. The third kappa shape index (κ3) is 2.10. The van der Waals surface area contributed by atoms with Crippen molar-refractivity contribution in [2.24, 2.45) is 0 Å². The number of ether oxygens (including phenoxy) is 1. The first-order valence-corrected chi connectivity index (χ1v) is 6.95. The number of aromatic amines is 1. The third-order valence-electron chi connectivity index (χ3n) is 3.77. The Hall–Kier alpha value is -2.14. The maximum Gasteiger partial charge on any atom is 0.137 e. The first-order chi connectivity index (χ1) is 9.88. The summed E-state index contributed by atoms with van der Waals surface area (Å²) in [4.78, 5) is 12.0. The highest BCUT2D eigenvalue weighted by Gasteiger charge is 2.16. The quantitative estimate of drug-likeness (QED) is 0.794. The zero-order valence-electron chi connectivity index (χ0n) is 11.1. The van der Waals surface area contributed by atoms with Gasteiger partial charge in [-0.25, -0.2) is 9.97 Å². The average Bonchev–Trinajstić information content (AvgIpc) is 3.19. The van der Waals surface area contributed by atoms with Crippen molar-refractivity contribution in [3.63, 3.8) is 0 Å². The number of aromatic nitrogens is 4. The van der Waals surface area contributed by atoms with E-state index in [1.807, 2.05) is 24.8 Å². The van der Waals surface area contributed by atoms with E-state index >= 15 is 0 Å². The summed E-state index contributed by atoms with van der Waals surface area (Å²) in [5.74, 6) is 0. The summed E-state index contributed by atoms with van der Waals surface area (Å²) in [6.45, 7) is 1.77. The van der Waals surface area contributed by atoms with Gasteiger partial charge in [-0.05, 0) is 25.0 Å². The minimum atomic E-state index is 0.335. The van der Waals surface area contributed by atoms with Crippen LogP contribution >= 0.6 is 0 Å². The van der Waals surface area contributed by atoms with Gasteiger partial charge in [0.15, 0.2) is 0 Å². The molecule has 1 aliphatic heterocycles. The molecule has 0 radical (unpaired) electrons. The van der Waals surface area contributed by atoms with Gasteiger partial charge in [0.05, 0.1) is 18.1 Å². The Bertz CT molecular complexity index is 724. The number of fused-ring (bicyclic) bond motifs is 1. The molecule has 1 N–H and O–H groups in total. The maximum absolute atomic E-state index is 5.65. The van der Waals surface area contributed by atoms with Crippen molar-refractivity contribution < 1.29 is 4.74 Å². The molecule has 0 aromatic carbocycles. The van der Waals surface area contributed by atoms with Gasteiger partial charge in [0, 0.05) is 42.7 Å². The molecule has 0 saturated carbocycles. The summed E-state index contributed by atoms with van der Waals surface area (Å²) in [6, 6.07) is 4.13. The molecule has 4 heterocycles. The lowest BCUT2D eigenvalue weighted by molar-refractivity contribution is 0.0970. The number of hydrogen-bond donors (Lipinski definition) is 1. The van der Waals surface area contributed by atoms with Gasteiger partial charge < -0.3 is 14.3 Å². The lowest BCUT2D eigenvalue weighted by atomic mass is 10.2. The second kappa shape index (κ2) is 4.76. The Morgan fingerprint density at radius 1 is 1.40 bits per heavy atom.